The van der Waals surface area contributed by atoms with Crippen molar-refractivity contribution < 1.29 is 18.7 Å². The quantitative estimate of drug-likeness (QED) is 0.796. The van der Waals surface area contributed by atoms with Crippen molar-refractivity contribution in [2.45, 2.75) is 13.0 Å². The van der Waals surface area contributed by atoms with Crippen LogP contribution in [0.3, 0.4) is 0 Å². The normalized spacial score (nSPS) is 11.8. The molecule has 0 radical (unpaired) electrons. The molecule has 0 fully saturated rings. The second-order valence-electron chi connectivity index (χ2n) is 4.30. The van der Waals surface area contributed by atoms with Crippen molar-refractivity contribution in [3.8, 4) is 5.75 Å². The van der Waals surface area contributed by atoms with Crippen LogP contribution in [-0.2, 0) is 4.74 Å². The predicted molar refractivity (Wildman–Crippen MR) is 73.2 cm³/mol. The second-order valence-corrected chi connectivity index (χ2v) is 4.30. The van der Waals surface area contributed by atoms with Crippen molar-refractivity contribution in [2.75, 3.05) is 7.11 Å². The Hall–Kier alpha value is -2.36. The summed E-state index contributed by atoms with van der Waals surface area (Å²) in [6, 6.07) is 13.1. The summed E-state index contributed by atoms with van der Waals surface area (Å²) in [6.07, 6.45) is -0.420. The zero-order valence-corrected chi connectivity index (χ0v) is 11.3. The van der Waals surface area contributed by atoms with Crippen LogP contribution in [0, 0.1) is 5.82 Å². The summed E-state index contributed by atoms with van der Waals surface area (Å²) in [6.45, 7) is 1.76. The zero-order valence-electron chi connectivity index (χ0n) is 11.3. The van der Waals surface area contributed by atoms with Crippen LogP contribution in [0.5, 0.6) is 5.75 Å². The molecule has 2 aromatic carbocycles. The summed E-state index contributed by atoms with van der Waals surface area (Å²) in [5, 5.41) is 0. The van der Waals surface area contributed by atoms with Crippen LogP contribution in [0.25, 0.3) is 0 Å². The molecule has 2 aromatic rings. The summed E-state index contributed by atoms with van der Waals surface area (Å²) in [5.74, 6) is -0.834. The van der Waals surface area contributed by atoms with Crippen molar-refractivity contribution in [3.63, 3.8) is 0 Å². The van der Waals surface area contributed by atoms with Gasteiger partial charge in [-0.3, -0.25) is 0 Å². The van der Waals surface area contributed by atoms with E-state index in [0.29, 0.717) is 0 Å². The highest BCUT2D eigenvalue weighted by Crippen LogP contribution is 2.24. The Balaban J connectivity index is 2.18. The van der Waals surface area contributed by atoms with E-state index in [0.717, 1.165) is 11.6 Å². The molecule has 0 bridgehead atoms. The van der Waals surface area contributed by atoms with E-state index < -0.39 is 17.9 Å². The minimum atomic E-state index is -0.613. The summed E-state index contributed by atoms with van der Waals surface area (Å²) in [4.78, 5) is 12.1. The molecule has 0 saturated carbocycles. The largest absolute Gasteiger partial charge is 0.496 e. The Morgan fingerprint density at radius 2 is 1.85 bits per heavy atom. The van der Waals surface area contributed by atoms with Gasteiger partial charge in [-0.1, -0.05) is 30.3 Å². The van der Waals surface area contributed by atoms with Gasteiger partial charge in [-0.25, -0.2) is 9.18 Å². The maximum atomic E-state index is 13.2. The molecule has 4 heteroatoms. The van der Waals surface area contributed by atoms with Gasteiger partial charge in [0.15, 0.2) is 0 Å². The highest BCUT2D eigenvalue weighted by Gasteiger charge is 2.18. The average Bonchev–Trinajstić information content (AvgIpc) is 2.48. The van der Waals surface area contributed by atoms with E-state index in [1.165, 1.54) is 19.2 Å². The lowest BCUT2D eigenvalue weighted by Crippen LogP contribution is -2.10. The fourth-order valence-electron chi connectivity index (χ4n) is 1.86. The monoisotopic (exact) mass is 274 g/mol. The first-order valence-corrected chi connectivity index (χ1v) is 6.21. The van der Waals surface area contributed by atoms with Gasteiger partial charge in [-0.15, -0.1) is 0 Å². The first-order valence-electron chi connectivity index (χ1n) is 6.21. The molecule has 1 atom stereocenters. The predicted octanol–water partition coefficient (Wildman–Crippen LogP) is 3.75. The van der Waals surface area contributed by atoms with Gasteiger partial charge >= 0.3 is 5.97 Å². The van der Waals surface area contributed by atoms with Crippen molar-refractivity contribution in [1.29, 1.82) is 0 Å². The lowest BCUT2D eigenvalue weighted by atomic mass is 10.1. The number of methoxy groups -OCH3 is 1. The molecule has 0 heterocycles. The number of hydrogen-bond donors (Lipinski definition) is 0. The molecule has 20 heavy (non-hydrogen) atoms. The lowest BCUT2D eigenvalue weighted by Gasteiger charge is -2.15. The van der Waals surface area contributed by atoms with Crippen molar-refractivity contribution in [2.24, 2.45) is 0 Å². The summed E-state index contributed by atoms with van der Waals surface area (Å²) in [5.41, 5.74) is 0.950. The molecular weight excluding hydrogens is 259 g/mol. The van der Waals surface area contributed by atoms with Crippen molar-refractivity contribution in [1.82, 2.24) is 0 Å². The van der Waals surface area contributed by atoms with E-state index in [2.05, 4.69) is 0 Å². The molecular formula is C16H15FO3. The molecule has 0 N–H and O–H groups in total. The Morgan fingerprint density at radius 1 is 1.15 bits per heavy atom. The third kappa shape index (κ3) is 3.15. The molecule has 1 unspecified atom stereocenters. The third-order valence-corrected chi connectivity index (χ3v) is 2.93. The van der Waals surface area contributed by atoms with E-state index in [1.807, 2.05) is 30.3 Å². The minimum Gasteiger partial charge on any atom is -0.496 e. The summed E-state index contributed by atoms with van der Waals surface area (Å²) < 4.78 is 23.6. The maximum Gasteiger partial charge on any atom is 0.342 e. The lowest BCUT2D eigenvalue weighted by molar-refractivity contribution is 0.0334. The summed E-state index contributed by atoms with van der Waals surface area (Å²) >= 11 is 0. The van der Waals surface area contributed by atoms with Crippen LogP contribution in [0.2, 0.25) is 0 Å². The maximum absolute atomic E-state index is 13.2. The third-order valence-electron chi connectivity index (χ3n) is 2.93. The number of ether oxygens (including phenoxy) is 2. The van der Waals surface area contributed by atoms with Gasteiger partial charge in [0.05, 0.1) is 7.11 Å². The van der Waals surface area contributed by atoms with E-state index in [1.54, 1.807) is 6.92 Å². The molecule has 0 aliphatic rings. The molecule has 104 valence electrons. The van der Waals surface area contributed by atoms with Crippen LogP contribution >= 0.6 is 0 Å². The number of carbonyl (C=O) groups is 1. The molecule has 0 spiro atoms. The van der Waals surface area contributed by atoms with E-state index in [4.69, 9.17) is 9.47 Å². The van der Waals surface area contributed by atoms with Crippen LogP contribution < -0.4 is 4.74 Å². The first kappa shape index (κ1) is 14.1. The molecule has 0 aliphatic carbocycles. The van der Waals surface area contributed by atoms with Gasteiger partial charge in [0.2, 0.25) is 0 Å². The Kier molecular flexibility index (Phi) is 4.35. The van der Waals surface area contributed by atoms with Crippen LogP contribution in [0.1, 0.15) is 28.9 Å². The molecule has 3 nitrogen and oxygen atoms in total. The van der Waals surface area contributed by atoms with Gasteiger partial charge in [-0.2, -0.15) is 0 Å². The van der Waals surface area contributed by atoms with Crippen molar-refractivity contribution in [3.05, 3.63) is 65.5 Å². The first-order chi connectivity index (χ1) is 9.61. The number of rotatable bonds is 4. The van der Waals surface area contributed by atoms with Gasteiger partial charge in [-0.05, 0) is 30.7 Å². The molecule has 0 aliphatic heterocycles. The molecule has 0 aromatic heterocycles. The smallest absolute Gasteiger partial charge is 0.342 e. The van der Waals surface area contributed by atoms with Crippen molar-refractivity contribution >= 4 is 5.97 Å². The van der Waals surface area contributed by atoms with E-state index in [9.17, 15) is 9.18 Å². The molecule has 2 rings (SSSR count). The van der Waals surface area contributed by atoms with E-state index >= 15 is 0 Å². The highest BCUT2D eigenvalue weighted by atomic mass is 19.1. The van der Waals surface area contributed by atoms with Gasteiger partial charge < -0.3 is 9.47 Å². The summed E-state index contributed by atoms with van der Waals surface area (Å²) in [7, 11) is 1.42. The number of hydrogen-bond acceptors (Lipinski definition) is 3. The average molecular weight is 274 g/mol. The molecule has 0 saturated heterocycles. The van der Waals surface area contributed by atoms with Crippen LogP contribution in [-0.4, -0.2) is 13.1 Å². The fourth-order valence-corrected chi connectivity index (χ4v) is 1.86. The second kappa shape index (κ2) is 6.19. The number of carbonyl (C=O) groups excluding carboxylic acids is 1. The number of esters is 1. The minimum absolute atomic E-state index is 0.0790. The standard InChI is InChI=1S/C16H15FO3/c1-11(12-6-4-3-5-7-12)20-16(18)14-10-13(17)8-9-15(14)19-2/h3-11H,1-2H3. The highest BCUT2D eigenvalue weighted by molar-refractivity contribution is 5.92. The van der Waals surface area contributed by atoms with Crippen LogP contribution in [0.4, 0.5) is 4.39 Å². The fraction of sp³-hybridized carbons (Fsp3) is 0.188. The SMILES string of the molecule is COc1ccc(F)cc1C(=O)OC(C)c1ccccc1. The number of benzene rings is 2. The Morgan fingerprint density at radius 3 is 2.50 bits per heavy atom. The van der Waals surface area contributed by atoms with Gasteiger partial charge in [0.1, 0.15) is 23.2 Å². The van der Waals surface area contributed by atoms with Crippen LogP contribution in [0.15, 0.2) is 48.5 Å². The Bertz CT molecular complexity index is 596. The van der Waals surface area contributed by atoms with Gasteiger partial charge in [0, 0.05) is 0 Å². The Labute approximate surface area is 117 Å². The van der Waals surface area contributed by atoms with E-state index in [-0.39, 0.29) is 11.3 Å². The topological polar surface area (TPSA) is 35.5 Å². The number of halogens is 1. The molecule has 0 amide bonds. The van der Waals surface area contributed by atoms with Gasteiger partial charge in [0.25, 0.3) is 0 Å². The zero-order chi connectivity index (χ0) is 14.5.